The molecule has 1 saturated heterocycles. The van der Waals surface area contributed by atoms with Gasteiger partial charge in [0.1, 0.15) is 11.5 Å². The minimum Gasteiger partial charge on any atom is -0.497 e. The molecule has 3 heteroatoms. The Morgan fingerprint density at radius 1 is 1.11 bits per heavy atom. The fraction of sp³-hybridized carbons (Fsp3) is 0.600. The summed E-state index contributed by atoms with van der Waals surface area (Å²) in [6.45, 7) is 6.92. The van der Waals surface area contributed by atoms with E-state index in [9.17, 15) is 0 Å². The van der Waals surface area contributed by atoms with Crippen molar-refractivity contribution in [3.63, 3.8) is 0 Å². The zero-order valence-corrected chi connectivity index (χ0v) is 11.8. The first-order chi connectivity index (χ1) is 8.62. The van der Waals surface area contributed by atoms with Gasteiger partial charge in [0, 0.05) is 25.2 Å². The van der Waals surface area contributed by atoms with Gasteiger partial charge in [-0.05, 0) is 43.9 Å². The third kappa shape index (κ3) is 2.96. The SMILES string of the molecule is COc1cc(CC2CN(C(C)C)C2)cc(OC)c1. The molecule has 0 unspecified atom stereocenters. The van der Waals surface area contributed by atoms with Crippen molar-refractivity contribution in [2.75, 3.05) is 27.3 Å². The van der Waals surface area contributed by atoms with Gasteiger partial charge in [-0.1, -0.05) is 0 Å². The Kier molecular flexibility index (Phi) is 4.12. The third-order valence-electron chi connectivity index (χ3n) is 3.65. The van der Waals surface area contributed by atoms with Crippen molar-refractivity contribution >= 4 is 0 Å². The molecule has 2 rings (SSSR count). The van der Waals surface area contributed by atoms with E-state index >= 15 is 0 Å². The summed E-state index contributed by atoms with van der Waals surface area (Å²) >= 11 is 0. The third-order valence-corrected chi connectivity index (χ3v) is 3.65. The standard InChI is InChI=1S/C15H23NO2/c1-11(2)16-9-13(10-16)5-12-6-14(17-3)8-15(7-12)18-4/h6-8,11,13H,5,9-10H2,1-4H3. The van der Waals surface area contributed by atoms with E-state index in [4.69, 9.17) is 9.47 Å². The quantitative estimate of drug-likeness (QED) is 0.800. The Morgan fingerprint density at radius 2 is 1.67 bits per heavy atom. The summed E-state index contributed by atoms with van der Waals surface area (Å²) in [7, 11) is 3.39. The maximum atomic E-state index is 5.30. The van der Waals surface area contributed by atoms with Crippen molar-refractivity contribution < 1.29 is 9.47 Å². The van der Waals surface area contributed by atoms with Gasteiger partial charge in [0.05, 0.1) is 14.2 Å². The first kappa shape index (κ1) is 13.2. The van der Waals surface area contributed by atoms with Gasteiger partial charge in [-0.15, -0.1) is 0 Å². The molecule has 0 amide bonds. The molecule has 0 atom stereocenters. The Balaban J connectivity index is 1.97. The second-order valence-electron chi connectivity index (χ2n) is 5.34. The van der Waals surface area contributed by atoms with E-state index in [1.165, 1.54) is 18.7 Å². The van der Waals surface area contributed by atoms with E-state index in [0.29, 0.717) is 6.04 Å². The minimum absolute atomic E-state index is 0.668. The summed E-state index contributed by atoms with van der Waals surface area (Å²) < 4.78 is 10.6. The molecule has 3 nitrogen and oxygen atoms in total. The number of rotatable bonds is 5. The Hall–Kier alpha value is -1.22. The van der Waals surface area contributed by atoms with Crippen LogP contribution in [0.1, 0.15) is 19.4 Å². The molecule has 0 spiro atoms. The molecule has 1 heterocycles. The lowest BCUT2D eigenvalue weighted by Crippen LogP contribution is -2.50. The average Bonchev–Trinajstić information content (AvgIpc) is 2.32. The van der Waals surface area contributed by atoms with Gasteiger partial charge in [-0.2, -0.15) is 0 Å². The first-order valence-corrected chi connectivity index (χ1v) is 6.58. The maximum Gasteiger partial charge on any atom is 0.122 e. The number of nitrogens with zero attached hydrogens (tertiary/aromatic N) is 1. The van der Waals surface area contributed by atoms with Gasteiger partial charge in [0.15, 0.2) is 0 Å². The lowest BCUT2D eigenvalue weighted by atomic mass is 9.91. The van der Waals surface area contributed by atoms with Crippen molar-refractivity contribution in [1.82, 2.24) is 4.90 Å². The van der Waals surface area contributed by atoms with Gasteiger partial charge in [-0.3, -0.25) is 0 Å². The van der Waals surface area contributed by atoms with E-state index in [1.807, 2.05) is 6.07 Å². The first-order valence-electron chi connectivity index (χ1n) is 6.58. The van der Waals surface area contributed by atoms with Crippen molar-refractivity contribution in [2.24, 2.45) is 5.92 Å². The fourth-order valence-corrected chi connectivity index (χ4v) is 2.48. The number of ether oxygens (including phenoxy) is 2. The van der Waals surface area contributed by atoms with Gasteiger partial charge >= 0.3 is 0 Å². The predicted molar refractivity (Wildman–Crippen MR) is 73.4 cm³/mol. The Labute approximate surface area is 110 Å². The molecule has 0 bridgehead atoms. The van der Waals surface area contributed by atoms with Crippen LogP contribution in [-0.4, -0.2) is 38.3 Å². The summed E-state index contributed by atoms with van der Waals surface area (Å²) in [5.41, 5.74) is 1.31. The molecule has 0 radical (unpaired) electrons. The summed E-state index contributed by atoms with van der Waals surface area (Å²) in [5.74, 6) is 2.53. The molecular weight excluding hydrogens is 226 g/mol. The van der Waals surface area contributed by atoms with E-state index < -0.39 is 0 Å². The summed E-state index contributed by atoms with van der Waals surface area (Å²) in [6.07, 6.45) is 1.11. The van der Waals surface area contributed by atoms with Crippen molar-refractivity contribution in [2.45, 2.75) is 26.3 Å². The number of methoxy groups -OCH3 is 2. The maximum absolute atomic E-state index is 5.30. The topological polar surface area (TPSA) is 21.7 Å². The van der Waals surface area contributed by atoms with E-state index in [2.05, 4.69) is 30.9 Å². The molecule has 1 aliphatic heterocycles. The molecule has 0 N–H and O–H groups in total. The summed E-state index contributed by atoms with van der Waals surface area (Å²) in [4.78, 5) is 2.50. The van der Waals surface area contributed by atoms with E-state index in [1.54, 1.807) is 14.2 Å². The highest BCUT2D eigenvalue weighted by atomic mass is 16.5. The monoisotopic (exact) mass is 249 g/mol. The lowest BCUT2D eigenvalue weighted by molar-refractivity contribution is 0.0680. The van der Waals surface area contributed by atoms with Crippen LogP contribution in [0.2, 0.25) is 0 Å². The number of hydrogen-bond donors (Lipinski definition) is 0. The smallest absolute Gasteiger partial charge is 0.122 e. The van der Waals surface area contributed by atoms with Gasteiger partial charge in [-0.25, -0.2) is 0 Å². The van der Waals surface area contributed by atoms with Crippen LogP contribution in [0.15, 0.2) is 18.2 Å². The molecule has 18 heavy (non-hydrogen) atoms. The zero-order chi connectivity index (χ0) is 13.1. The van der Waals surface area contributed by atoms with Crippen molar-refractivity contribution in [3.8, 4) is 11.5 Å². The number of likely N-dealkylation sites (tertiary alicyclic amines) is 1. The molecule has 1 aromatic rings. The Morgan fingerprint density at radius 3 is 2.11 bits per heavy atom. The summed E-state index contributed by atoms with van der Waals surface area (Å²) in [5, 5.41) is 0. The second-order valence-corrected chi connectivity index (χ2v) is 5.34. The average molecular weight is 249 g/mol. The van der Waals surface area contributed by atoms with Crippen LogP contribution in [0.25, 0.3) is 0 Å². The highest BCUT2D eigenvalue weighted by Gasteiger charge is 2.28. The second kappa shape index (κ2) is 5.61. The number of benzene rings is 1. The van der Waals surface area contributed by atoms with Crippen LogP contribution in [0.3, 0.4) is 0 Å². The van der Waals surface area contributed by atoms with E-state index in [0.717, 1.165) is 23.8 Å². The van der Waals surface area contributed by atoms with Crippen LogP contribution in [-0.2, 0) is 6.42 Å². The number of hydrogen-bond acceptors (Lipinski definition) is 3. The van der Waals surface area contributed by atoms with Gasteiger partial charge < -0.3 is 14.4 Å². The van der Waals surface area contributed by atoms with Gasteiger partial charge in [0.25, 0.3) is 0 Å². The molecular formula is C15H23NO2. The van der Waals surface area contributed by atoms with E-state index in [-0.39, 0.29) is 0 Å². The molecule has 0 aliphatic carbocycles. The van der Waals surface area contributed by atoms with Crippen LogP contribution in [0.5, 0.6) is 11.5 Å². The fourth-order valence-electron chi connectivity index (χ4n) is 2.48. The normalized spacial score (nSPS) is 16.7. The lowest BCUT2D eigenvalue weighted by Gasteiger charge is -2.42. The highest BCUT2D eigenvalue weighted by Crippen LogP contribution is 2.27. The zero-order valence-electron chi connectivity index (χ0n) is 11.8. The summed E-state index contributed by atoms with van der Waals surface area (Å²) in [6, 6.07) is 6.81. The Bertz CT molecular complexity index is 375. The van der Waals surface area contributed by atoms with Crippen LogP contribution in [0, 0.1) is 5.92 Å². The molecule has 1 fully saturated rings. The highest BCUT2D eigenvalue weighted by molar-refractivity contribution is 5.38. The van der Waals surface area contributed by atoms with Crippen molar-refractivity contribution in [3.05, 3.63) is 23.8 Å². The minimum atomic E-state index is 0.668. The largest absolute Gasteiger partial charge is 0.497 e. The molecule has 100 valence electrons. The molecule has 1 aliphatic rings. The molecule has 0 saturated carbocycles. The van der Waals surface area contributed by atoms with Crippen LogP contribution >= 0.6 is 0 Å². The van der Waals surface area contributed by atoms with Crippen LogP contribution in [0.4, 0.5) is 0 Å². The van der Waals surface area contributed by atoms with Crippen molar-refractivity contribution in [1.29, 1.82) is 0 Å². The van der Waals surface area contributed by atoms with Gasteiger partial charge in [0.2, 0.25) is 0 Å². The predicted octanol–water partition coefficient (Wildman–Crippen LogP) is 2.59. The molecule has 1 aromatic carbocycles. The molecule has 0 aromatic heterocycles. The van der Waals surface area contributed by atoms with Crippen LogP contribution < -0.4 is 9.47 Å².